The highest BCUT2D eigenvalue weighted by atomic mass is 31.1. The Morgan fingerprint density at radius 2 is 0.540 bits per heavy atom. The molecule has 0 heterocycles. The first kappa shape index (κ1) is 35.9. The molecule has 0 aromatic heterocycles. The van der Waals surface area contributed by atoms with Crippen LogP contribution in [0.5, 0.6) is 0 Å². The quantitative estimate of drug-likeness (QED) is 0.126. The molecule has 0 fully saturated rings. The van der Waals surface area contributed by atoms with E-state index in [0.29, 0.717) is 0 Å². The summed E-state index contributed by atoms with van der Waals surface area (Å²) in [6, 6.07) is 48.7. The Morgan fingerprint density at radius 3 is 0.760 bits per heavy atom. The van der Waals surface area contributed by atoms with Crippen molar-refractivity contribution in [2.24, 2.45) is 0 Å². The highest BCUT2D eigenvalue weighted by molar-refractivity contribution is 7.69. The van der Waals surface area contributed by atoms with Gasteiger partial charge in [0.25, 0.3) is 0 Å². The highest BCUT2D eigenvalue weighted by Gasteiger charge is 2.34. The molecule has 6 rings (SSSR count). The van der Waals surface area contributed by atoms with Gasteiger partial charge in [-0.15, -0.1) is 0 Å². The molecule has 0 amide bonds. The van der Waals surface area contributed by atoms with Crippen molar-refractivity contribution in [3.8, 4) is 0 Å². The van der Waals surface area contributed by atoms with Crippen molar-refractivity contribution in [1.82, 2.24) is 0 Å². The molecular formula is C46H48O2P2. The van der Waals surface area contributed by atoms with Crippen LogP contribution in [-0.4, -0.2) is 0 Å². The Bertz CT molecular complexity index is 1740. The Morgan fingerprint density at radius 1 is 0.320 bits per heavy atom. The van der Waals surface area contributed by atoms with Crippen molar-refractivity contribution in [1.29, 1.82) is 0 Å². The summed E-state index contributed by atoms with van der Waals surface area (Å²) < 4.78 is 15.3. The molecule has 0 N–H and O–H groups in total. The number of hydrogen-bond acceptors (Lipinski definition) is 2. The summed E-state index contributed by atoms with van der Waals surface area (Å²) in [5.74, 6) is 0. The van der Waals surface area contributed by atoms with E-state index in [9.17, 15) is 0 Å². The van der Waals surface area contributed by atoms with Crippen molar-refractivity contribution in [3.63, 3.8) is 0 Å². The third kappa shape index (κ3) is 8.87. The fraction of sp³-hybridized carbons (Fsp3) is 0.217. The molecule has 0 radical (unpaired) electrons. The van der Waals surface area contributed by atoms with Crippen LogP contribution in [0.25, 0.3) is 0 Å². The van der Waals surface area contributed by atoms with Gasteiger partial charge in [-0.1, -0.05) is 129 Å². The fourth-order valence-corrected chi connectivity index (χ4v) is 11.5. The molecule has 2 atom stereocenters. The van der Waals surface area contributed by atoms with E-state index in [2.05, 4.69) is 189 Å². The lowest BCUT2D eigenvalue weighted by Crippen LogP contribution is -2.24. The van der Waals surface area contributed by atoms with Gasteiger partial charge in [0, 0.05) is 21.2 Å². The summed E-state index contributed by atoms with van der Waals surface area (Å²) >= 11 is 0. The predicted molar refractivity (Wildman–Crippen MR) is 217 cm³/mol. The van der Waals surface area contributed by atoms with Gasteiger partial charge in [0.15, 0.2) is 0 Å². The second kappa shape index (κ2) is 16.0. The monoisotopic (exact) mass is 694 g/mol. The van der Waals surface area contributed by atoms with Crippen LogP contribution in [-0.2, 0) is 9.05 Å². The Labute approximate surface area is 302 Å². The summed E-state index contributed by atoms with van der Waals surface area (Å²) in [5, 5.41) is 4.84. The third-order valence-corrected chi connectivity index (χ3v) is 12.5. The van der Waals surface area contributed by atoms with Crippen LogP contribution in [0.1, 0.15) is 67.8 Å². The zero-order valence-electron chi connectivity index (χ0n) is 30.6. The Hall–Kier alpha value is -3.90. The van der Waals surface area contributed by atoms with Crippen molar-refractivity contribution in [2.45, 2.75) is 67.6 Å². The lowest BCUT2D eigenvalue weighted by atomic mass is 9.98. The third-order valence-electron chi connectivity index (χ3n) is 8.73. The number of benzene rings is 6. The van der Waals surface area contributed by atoms with Crippen LogP contribution in [0.2, 0.25) is 0 Å². The minimum atomic E-state index is -1.23. The number of hydrogen-bond donors (Lipinski definition) is 0. The van der Waals surface area contributed by atoms with Crippen LogP contribution in [0.3, 0.4) is 0 Å². The zero-order valence-corrected chi connectivity index (χ0v) is 32.4. The molecule has 0 spiro atoms. The Balaban J connectivity index is 1.56. The summed E-state index contributed by atoms with van der Waals surface area (Å²) in [4.78, 5) is 0. The average Bonchev–Trinajstić information content (AvgIpc) is 3.05. The van der Waals surface area contributed by atoms with Gasteiger partial charge in [-0.25, -0.2) is 0 Å². The summed E-state index contributed by atoms with van der Waals surface area (Å²) in [6.07, 6.45) is -0.790. The number of rotatable bonds is 11. The normalized spacial score (nSPS) is 12.8. The lowest BCUT2D eigenvalue weighted by molar-refractivity contribution is 0.0749. The molecule has 6 aromatic carbocycles. The van der Waals surface area contributed by atoms with Gasteiger partial charge in [0.2, 0.25) is 0 Å². The first-order chi connectivity index (χ1) is 24.0. The smallest absolute Gasteiger partial charge is 0.118 e. The minimum Gasteiger partial charge on any atom is -0.339 e. The van der Waals surface area contributed by atoms with Gasteiger partial charge in [0.05, 0.1) is 16.3 Å². The fourth-order valence-electron chi connectivity index (χ4n) is 6.91. The zero-order chi connectivity index (χ0) is 35.4. The van der Waals surface area contributed by atoms with Gasteiger partial charge in [-0.3, -0.25) is 0 Å². The van der Waals surface area contributed by atoms with Crippen LogP contribution in [0, 0.1) is 55.4 Å². The van der Waals surface area contributed by atoms with E-state index >= 15 is 0 Å². The van der Waals surface area contributed by atoms with E-state index in [0.717, 1.165) is 11.1 Å². The van der Waals surface area contributed by atoms with E-state index in [1.807, 2.05) is 0 Å². The van der Waals surface area contributed by atoms with Gasteiger partial charge < -0.3 is 9.05 Å². The molecule has 50 heavy (non-hydrogen) atoms. The van der Waals surface area contributed by atoms with Crippen molar-refractivity contribution < 1.29 is 9.05 Å². The molecule has 0 bridgehead atoms. The van der Waals surface area contributed by atoms with Crippen molar-refractivity contribution in [2.75, 3.05) is 0 Å². The maximum Gasteiger partial charge on any atom is 0.118 e. The maximum atomic E-state index is 7.66. The van der Waals surface area contributed by atoms with Crippen molar-refractivity contribution in [3.05, 3.63) is 189 Å². The average molecular weight is 695 g/mol. The van der Waals surface area contributed by atoms with Crippen LogP contribution in [0.4, 0.5) is 0 Å². The molecule has 0 unspecified atom stereocenters. The molecule has 0 saturated carbocycles. The second-order valence-corrected chi connectivity index (χ2v) is 17.5. The summed E-state index contributed by atoms with van der Waals surface area (Å²) in [6.45, 7) is 17.4. The molecule has 2 nitrogen and oxygen atoms in total. The van der Waals surface area contributed by atoms with E-state index in [1.165, 1.54) is 65.7 Å². The molecule has 0 aliphatic rings. The molecule has 254 valence electrons. The first-order valence-electron chi connectivity index (χ1n) is 17.4. The van der Waals surface area contributed by atoms with Crippen molar-refractivity contribution >= 4 is 37.5 Å². The topological polar surface area (TPSA) is 18.5 Å². The molecular weight excluding hydrogens is 646 g/mol. The first-order valence-corrected chi connectivity index (χ1v) is 19.9. The van der Waals surface area contributed by atoms with Gasteiger partial charge in [-0.2, -0.15) is 0 Å². The summed E-state index contributed by atoms with van der Waals surface area (Å²) in [5.41, 5.74) is 12.1. The molecule has 0 aliphatic carbocycles. The van der Waals surface area contributed by atoms with E-state index in [4.69, 9.17) is 9.05 Å². The van der Waals surface area contributed by atoms with Crippen LogP contribution in [0.15, 0.2) is 133 Å². The largest absolute Gasteiger partial charge is 0.339 e. The second-order valence-electron chi connectivity index (χ2n) is 13.8. The standard InChI is InChI=1S/C46H48O2P2/c1-31-19-32(2)24-41(23-31)49(42-25-33(3)20-34(4)26-42)47-45(39-15-11-9-12-16-39)46(40-17-13-10-14-18-40)48-50(43-27-35(5)21-36(6)28-43)44-29-37(7)22-38(8)30-44/h9-30,45-46H,1-8H3/t45-,46-/m0/s1. The SMILES string of the molecule is Cc1cc(C)cc(P(O[C@@H](c2ccccc2)[C@@H](OP(c2cc(C)cc(C)c2)c2cc(C)cc(C)c2)c2ccccc2)c2cc(C)cc(C)c2)c1. The molecule has 4 heteroatoms. The van der Waals surface area contributed by atoms with Gasteiger partial charge in [0.1, 0.15) is 12.2 Å². The van der Waals surface area contributed by atoms with E-state index < -0.39 is 28.5 Å². The van der Waals surface area contributed by atoms with Gasteiger partial charge in [-0.05, 0) is 115 Å². The highest BCUT2D eigenvalue weighted by Crippen LogP contribution is 2.52. The van der Waals surface area contributed by atoms with Gasteiger partial charge >= 0.3 is 0 Å². The van der Waals surface area contributed by atoms with Crippen LogP contribution < -0.4 is 21.2 Å². The van der Waals surface area contributed by atoms with E-state index in [1.54, 1.807) is 0 Å². The molecule has 0 saturated heterocycles. The number of aryl methyl sites for hydroxylation is 8. The van der Waals surface area contributed by atoms with E-state index in [-0.39, 0.29) is 0 Å². The molecule has 0 aliphatic heterocycles. The van der Waals surface area contributed by atoms with Crippen LogP contribution >= 0.6 is 16.3 Å². The maximum absolute atomic E-state index is 7.66. The summed E-state index contributed by atoms with van der Waals surface area (Å²) in [7, 11) is -2.46. The minimum absolute atomic E-state index is 0.395. The molecule has 6 aromatic rings. The predicted octanol–water partition coefficient (Wildman–Crippen LogP) is 11.1. The lowest BCUT2D eigenvalue weighted by Gasteiger charge is -2.35. The Kier molecular flexibility index (Phi) is 11.5.